The van der Waals surface area contributed by atoms with Gasteiger partial charge >= 0.3 is 0 Å². The first-order chi connectivity index (χ1) is 13.9. The minimum absolute atomic E-state index is 0.199. The molecule has 0 aliphatic heterocycles. The number of aliphatic hydroxyl groups excluding tert-OH is 1. The van der Waals surface area contributed by atoms with Gasteiger partial charge in [-0.3, -0.25) is 0 Å². The maximum absolute atomic E-state index is 8.92. The average Bonchev–Trinajstić information content (AvgIpc) is 2.72. The van der Waals surface area contributed by atoms with Crippen LogP contribution in [0.15, 0.2) is 60.7 Å². The Kier molecular flexibility index (Phi) is 16.1. The zero-order valence-electron chi connectivity index (χ0n) is 17.8. The fraction of sp³-hybridized carbons (Fsp3) is 0.538. The van der Waals surface area contributed by atoms with Crippen LogP contribution in [0.25, 0.3) is 0 Å². The molecule has 0 saturated carbocycles. The van der Waals surface area contributed by atoms with Crippen LogP contribution in [0, 0.1) is 0 Å². The van der Waals surface area contributed by atoms with E-state index in [0.29, 0.717) is 6.42 Å². The minimum Gasteiger partial charge on any atom is -0.494 e. The van der Waals surface area contributed by atoms with E-state index in [9.17, 15) is 0 Å². The number of ether oxygens (including phenoxy) is 1. The summed E-state index contributed by atoms with van der Waals surface area (Å²) >= 11 is 0. The average molecular weight is 385 g/mol. The summed E-state index contributed by atoms with van der Waals surface area (Å²) in [6.45, 7) is 3.16. The van der Waals surface area contributed by atoms with Gasteiger partial charge in [0.05, 0.1) is 6.61 Å². The Morgan fingerprint density at radius 2 is 1.36 bits per heavy atom. The molecule has 2 heteroatoms. The van der Waals surface area contributed by atoms with E-state index in [2.05, 4.69) is 43.4 Å². The third-order valence-corrected chi connectivity index (χ3v) is 4.64. The van der Waals surface area contributed by atoms with Crippen LogP contribution in [0.4, 0.5) is 0 Å². The highest BCUT2D eigenvalue weighted by Crippen LogP contribution is 2.14. The van der Waals surface area contributed by atoms with E-state index < -0.39 is 0 Å². The molecule has 0 heterocycles. The Labute approximate surface area is 173 Å². The quantitative estimate of drug-likeness (QED) is 0.227. The molecular formula is C26H40O2. The molecule has 0 aliphatic rings. The Balaban J connectivity index is 1.87. The molecule has 0 bridgehead atoms. The van der Waals surface area contributed by atoms with Crippen molar-refractivity contribution in [3.05, 3.63) is 66.3 Å². The molecular weight excluding hydrogens is 344 g/mol. The van der Waals surface area contributed by atoms with Crippen molar-refractivity contribution in [3.8, 4) is 5.75 Å². The van der Waals surface area contributed by atoms with Crippen molar-refractivity contribution in [1.82, 2.24) is 0 Å². The monoisotopic (exact) mass is 384 g/mol. The maximum atomic E-state index is 8.92. The molecule has 0 fully saturated rings. The lowest BCUT2D eigenvalue weighted by Crippen LogP contribution is -1.98. The molecule has 0 aromatic heterocycles. The number of hydrogen-bond acceptors (Lipinski definition) is 2. The zero-order valence-corrected chi connectivity index (χ0v) is 17.8. The molecule has 0 spiro atoms. The van der Waals surface area contributed by atoms with E-state index in [1.54, 1.807) is 0 Å². The van der Waals surface area contributed by atoms with Gasteiger partial charge in [0.2, 0.25) is 0 Å². The third kappa shape index (κ3) is 14.3. The van der Waals surface area contributed by atoms with E-state index in [1.807, 2.05) is 24.3 Å². The van der Waals surface area contributed by atoms with Crippen molar-refractivity contribution in [2.24, 2.45) is 0 Å². The molecule has 0 atom stereocenters. The molecule has 1 N–H and O–H groups in total. The SMILES string of the molecule is CC/C=C\C/C=C\C/C=C\CCCCCCCCOc1ccc(CCO)cc1. The molecule has 28 heavy (non-hydrogen) atoms. The van der Waals surface area contributed by atoms with Gasteiger partial charge in [0.15, 0.2) is 0 Å². The minimum atomic E-state index is 0.199. The number of hydrogen-bond donors (Lipinski definition) is 1. The van der Waals surface area contributed by atoms with Gasteiger partial charge in [0, 0.05) is 6.61 Å². The zero-order chi connectivity index (χ0) is 20.1. The van der Waals surface area contributed by atoms with E-state index >= 15 is 0 Å². The number of benzene rings is 1. The lowest BCUT2D eigenvalue weighted by Gasteiger charge is -2.07. The summed E-state index contributed by atoms with van der Waals surface area (Å²) in [7, 11) is 0. The molecule has 0 unspecified atom stereocenters. The van der Waals surface area contributed by atoms with E-state index in [1.165, 1.54) is 38.5 Å². The lowest BCUT2D eigenvalue weighted by molar-refractivity contribution is 0.298. The van der Waals surface area contributed by atoms with Crippen LogP contribution in [-0.2, 0) is 6.42 Å². The predicted molar refractivity (Wildman–Crippen MR) is 122 cm³/mol. The summed E-state index contributed by atoms with van der Waals surface area (Å²) in [6.07, 6.45) is 26.3. The van der Waals surface area contributed by atoms with Gasteiger partial charge in [-0.05, 0) is 62.6 Å². The number of unbranched alkanes of at least 4 members (excludes halogenated alkanes) is 6. The molecule has 2 nitrogen and oxygen atoms in total. The topological polar surface area (TPSA) is 29.5 Å². The molecule has 1 aromatic rings. The molecule has 0 amide bonds. The number of allylic oxidation sites excluding steroid dienone is 6. The highest BCUT2D eigenvalue weighted by atomic mass is 16.5. The molecule has 1 aromatic carbocycles. The smallest absolute Gasteiger partial charge is 0.119 e. The molecule has 0 saturated heterocycles. The summed E-state index contributed by atoms with van der Waals surface area (Å²) in [5.41, 5.74) is 1.15. The summed E-state index contributed by atoms with van der Waals surface area (Å²) in [6, 6.07) is 8.05. The first kappa shape index (κ1) is 24.2. The second-order valence-electron chi connectivity index (χ2n) is 7.17. The highest BCUT2D eigenvalue weighted by molar-refractivity contribution is 5.27. The van der Waals surface area contributed by atoms with Gasteiger partial charge in [0.25, 0.3) is 0 Å². The summed E-state index contributed by atoms with van der Waals surface area (Å²) in [5.74, 6) is 0.931. The first-order valence-corrected chi connectivity index (χ1v) is 11.1. The summed E-state index contributed by atoms with van der Waals surface area (Å²) in [5, 5.41) is 8.92. The van der Waals surface area contributed by atoms with Crippen molar-refractivity contribution in [2.75, 3.05) is 13.2 Å². The molecule has 1 rings (SSSR count). The van der Waals surface area contributed by atoms with Crippen LogP contribution < -0.4 is 4.74 Å². The molecule has 0 radical (unpaired) electrons. The lowest BCUT2D eigenvalue weighted by atomic mass is 10.1. The van der Waals surface area contributed by atoms with Gasteiger partial charge in [-0.25, -0.2) is 0 Å². The Morgan fingerprint density at radius 3 is 2.04 bits per heavy atom. The second-order valence-corrected chi connectivity index (χ2v) is 7.17. The molecule has 156 valence electrons. The van der Waals surface area contributed by atoms with Gasteiger partial charge in [-0.2, -0.15) is 0 Å². The Morgan fingerprint density at radius 1 is 0.750 bits per heavy atom. The van der Waals surface area contributed by atoms with Crippen LogP contribution in [0.2, 0.25) is 0 Å². The summed E-state index contributed by atoms with van der Waals surface area (Å²) < 4.78 is 5.78. The summed E-state index contributed by atoms with van der Waals surface area (Å²) in [4.78, 5) is 0. The Hall–Kier alpha value is -1.80. The molecule has 0 aliphatic carbocycles. The van der Waals surface area contributed by atoms with Crippen molar-refractivity contribution < 1.29 is 9.84 Å². The van der Waals surface area contributed by atoms with E-state index in [0.717, 1.165) is 43.6 Å². The van der Waals surface area contributed by atoms with Crippen molar-refractivity contribution >= 4 is 0 Å². The fourth-order valence-corrected chi connectivity index (χ4v) is 2.97. The van der Waals surface area contributed by atoms with Gasteiger partial charge < -0.3 is 9.84 Å². The maximum Gasteiger partial charge on any atom is 0.119 e. The van der Waals surface area contributed by atoms with Crippen LogP contribution in [-0.4, -0.2) is 18.3 Å². The van der Waals surface area contributed by atoms with Crippen molar-refractivity contribution in [3.63, 3.8) is 0 Å². The van der Waals surface area contributed by atoms with Gasteiger partial charge in [0.1, 0.15) is 5.75 Å². The predicted octanol–water partition coefficient (Wildman–Crippen LogP) is 7.19. The second kappa shape index (κ2) is 18.6. The number of aliphatic hydroxyl groups is 1. The largest absolute Gasteiger partial charge is 0.494 e. The Bertz CT molecular complexity index is 540. The van der Waals surface area contributed by atoms with Gasteiger partial charge in [-0.1, -0.05) is 81.2 Å². The van der Waals surface area contributed by atoms with Crippen molar-refractivity contribution in [1.29, 1.82) is 0 Å². The van der Waals surface area contributed by atoms with Crippen LogP contribution in [0.3, 0.4) is 0 Å². The van der Waals surface area contributed by atoms with Crippen LogP contribution in [0.5, 0.6) is 5.75 Å². The van der Waals surface area contributed by atoms with Crippen LogP contribution in [0.1, 0.15) is 76.7 Å². The van der Waals surface area contributed by atoms with Crippen molar-refractivity contribution in [2.45, 2.75) is 77.6 Å². The normalized spacial score (nSPS) is 11.9. The first-order valence-electron chi connectivity index (χ1n) is 11.1. The van der Waals surface area contributed by atoms with E-state index in [4.69, 9.17) is 9.84 Å². The van der Waals surface area contributed by atoms with Crippen LogP contribution >= 0.6 is 0 Å². The third-order valence-electron chi connectivity index (χ3n) is 4.64. The number of rotatable bonds is 17. The highest BCUT2D eigenvalue weighted by Gasteiger charge is 1.96. The fourth-order valence-electron chi connectivity index (χ4n) is 2.97. The standard InChI is InChI=1S/C26H40O2/c1-2-3-4-5-6-7-8-9-10-11-12-13-14-15-16-17-24-28-26-20-18-25(19-21-26)22-23-27/h3-4,6-7,9-10,18-21,27H,2,5,8,11-17,22-24H2,1H3/b4-3-,7-6-,10-9-. The van der Waals surface area contributed by atoms with E-state index in [-0.39, 0.29) is 6.61 Å². The van der Waals surface area contributed by atoms with Gasteiger partial charge in [-0.15, -0.1) is 0 Å².